The number of aryl methyl sites for hydroxylation is 1. The number of benzene rings is 1. The first-order valence-electron chi connectivity index (χ1n) is 8.81. The van der Waals surface area contributed by atoms with Gasteiger partial charge in [-0.25, -0.2) is 0 Å². The van der Waals surface area contributed by atoms with Crippen molar-refractivity contribution in [2.24, 2.45) is 5.92 Å². The number of fused-ring (bicyclic) bond motifs is 1. The van der Waals surface area contributed by atoms with Crippen LogP contribution in [0.5, 0.6) is 0 Å². The van der Waals surface area contributed by atoms with Gasteiger partial charge in [0.2, 0.25) is 5.91 Å². The highest BCUT2D eigenvalue weighted by Gasteiger charge is 2.32. The van der Waals surface area contributed by atoms with Crippen LogP contribution in [-0.2, 0) is 24.3 Å². The third-order valence-electron chi connectivity index (χ3n) is 5.23. The molecule has 1 aromatic heterocycles. The fourth-order valence-electron chi connectivity index (χ4n) is 3.94. The first-order chi connectivity index (χ1) is 11.7. The number of rotatable bonds is 3. The Morgan fingerprint density at radius 2 is 2.21 bits per heavy atom. The fourth-order valence-corrected chi connectivity index (χ4v) is 4.83. The Hall–Kier alpha value is -1.65. The van der Waals surface area contributed by atoms with Gasteiger partial charge in [-0.2, -0.15) is 0 Å². The number of carbonyl (C=O) groups is 1. The summed E-state index contributed by atoms with van der Waals surface area (Å²) in [7, 11) is 0. The highest BCUT2D eigenvalue weighted by atomic mass is 32.1. The summed E-state index contributed by atoms with van der Waals surface area (Å²) >= 11 is 1.83. The van der Waals surface area contributed by atoms with E-state index in [1.54, 1.807) is 0 Å². The summed E-state index contributed by atoms with van der Waals surface area (Å²) in [6, 6.07) is 10.9. The van der Waals surface area contributed by atoms with Crippen LogP contribution in [0.3, 0.4) is 0 Å². The summed E-state index contributed by atoms with van der Waals surface area (Å²) in [5, 5.41) is 2.15. The van der Waals surface area contributed by atoms with E-state index >= 15 is 0 Å². The van der Waals surface area contributed by atoms with Crippen molar-refractivity contribution in [2.45, 2.75) is 32.9 Å². The zero-order chi connectivity index (χ0) is 16.5. The third-order valence-corrected chi connectivity index (χ3v) is 6.25. The Labute approximate surface area is 147 Å². The lowest BCUT2D eigenvalue weighted by Gasteiger charge is -2.29. The highest BCUT2D eigenvalue weighted by Crippen LogP contribution is 2.27. The van der Waals surface area contributed by atoms with Crippen LogP contribution in [0.25, 0.3) is 0 Å². The van der Waals surface area contributed by atoms with Crippen LogP contribution in [0.2, 0.25) is 0 Å². The smallest absolute Gasteiger partial charge is 0.227 e. The lowest BCUT2D eigenvalue weighted by atomic mass is 10.0. The molecule has 4 heteroatoms. The lowest BCUT2D eigenvalue weighted by Crippen LogP contribution is -2.40. The number of thiophene rings is 1. The molecule has 126 valence electrons. The maximum absolute atomic E-state index is 12.9. The van der Waals surface area contributed by atoms with Crippen LogP contribution in [0, 0.1) is 12.8 Å². The zero-order valence-electron chi connectivity index (χ0n) is 14.2. The minimum atomic E-state index is 0.176. The van der Waals surface area contributed by atoms with E-state index in [9.17, 15) is 4.79 Å². The Bertz CT molecular complexity index is 739. The van der Waals surface area contributed by atoms with Gasteiger partial charge in [0.05, 0.1) is 5.92 Å². The van der Waals surface area contributed by atoms with Gasteiger partial charge in [0, 0.05) is 31.1 Å². The molecule has 2 aliphatic rings. The minimum absolute atomic E-state index is 0.176. The summed E-state index contributed by atoms with van der Waals surface area (Å²) < 4.78 is 0. The summed E-state index contributed by atoms with van der Waals surface area (Å²) in [5.41, 5.74) is 4.01. The molecule has 3 nitrogen and oxygen atoms in total. The van der Waals surface area contributed by atoms with E-state index in [2.05, 4.69) is 52.4 Å². The van der Waals surface area contributed by atoms with Crippen LogP contribution >= 0.6 is 11.3 Å². The second-order valence-corrected chi connectivity index (χ2v) is 8.09. The second kappa shape index (κ2) is 6.69. The minimum Gasteiger partial charge on any atom is -0.338 e. The van der Waals surface area contributed by atoms with E-state index < -0.39 is 0 Å². The van der Waals surface area contributed by atoms with Crippen molar-refractivity contribution < 1.29 is 4.79 Å². The standard InChI is InChI=1S/C20H24N2OS/c1-15-3-2-4-16(11-15)12-21-8-5-18(13-21)20(23)22-9-6-19-17(14-22)7-10-24-19/h2-4,7,10-11,18H,5-6,8-9,12-14H2,1H3. The molecule has 4 rings (SSSR count). The molecule has 0 N–H and O–H groups in total. The molecule has 1 fully saturated rings. The molecule has 0 spiro atoms. The van der Waals surface area contributed by atoms with Gasteiger partial charge < -0.3 is 4.90 Å². The number of hydrogen-bond acceptors (Lipinski definition) is 3. The number of amides is 1. The van der Waals surface area contributed by atoms with E-state index in [0.29, 0.717) is 5.91 Å². The first-order valence-corrected chi connectivity index (χ1v) is 9.69. The third kappa shape index (κ3) is 3.26. The zero-order valence-corrected chi connectivity index (χ0v) is 15.0. The number of likely N-dealkylation sites (tertiary alicyclic amines) is 1. The second-order valence-electron chi connectivity index (χ2n) is 7.09. The normalized spacial score (nSPS) is 21.0. The molecule has 24 heavy (non-hydrogen) atoms. The van der Waals surface area contributed by atoms with E-state index in [4.69, 9.17) is 0 Å². The molecule has 1 amide bonds. The van der Waals surface area contributed by atoms with Crippen LogP contribution in [0.15, 0.2) is 35.7 Å². The molecule has 1 aromatic carbocycles. The number of carbonyl (C=O) groups excluding carboxylic acids is 1. The van der Waals surface area contributed by atoms with Gasteiger partial charge in [0.25, 0.3) is 0 Å². The van der Waals surface area contributed by atoms with Crippen molar-refractivity contribution in [3.05, 3.63) is 57.3 Å². The van der Waals surface area contributed by atoms with Crippen molar-refractivity contribution in [1.82, 2.24) is 9.80 Å². The molecule has 0 saturated carbocycles. The van der Waals surface area contributed by atoms with Gasteiger partial charge in [-0.15, -0.1) is 11.3 Å². The molecule has 3 heterocycles. The van der Waals surface area contributed by atoms with E-state index in [0.717, 1.165) is 45.6 Å². The fraction of sp³-hybridized carbons (Fsp3) is 0.450. The van der Waals surface area contributed by atoms with Crippen LogP contribution < -0.4 is 0 Å². The quantitative estimate of drug-likeness (QED) is 0.854. The maximum Gasteiger partial charge on any atom is 0.227 e. The van der Waals surface area contributed by atoms with E-state index in [1.165, 1.54) is 21.6 Å². The number of hydrogen-bond donors (Lipinski definition) is 0. The lowest BCUT2D eigenvalue weighted by molar-refractivity contribution is -0.136. The van der Waals surface area contributed by atoms with Gasteiger partial charge in [0.15, 0.2) is 0 Å². The van der Waals surface area contributed by atoms with Crippen LogP contribution in [-0.4, -0.2) is 35.3 Å². The highest BCUT2D eigenvalue weighted by molar-refractivity contribution is 7.10. The molecular formula is C20H24N2OS. The summed E-state index contributed by atoms with van der Waals surface area (Å²) in [6.07, 6.45) is 2.02. The van der Waals surface area contributed by atoms with Gasteiger partial charge >= 0.3 is 0 Å². The molecule has 1 unspecified atom stereocenters. The SMILES string of the molecule is Cc1cccc(CN2CCC(C(=O)N3CCc4sccc4C3)C2)c1. The Balaban J connectivity index is 1.35. The Morgan fingerprint density at radius 1 is 1.29 bits per heavy atom. The van der Waals surface area contributed by atoms with Crippen LogP contribution in [0.4, 0.5) is 0 Å². The van der Waals surface area contributed by atoms with Crippen LogP contribution in [0.1, 0.15) is 28.0 Å². The Morgan fingerprint density at radius 3 is 3.08 bits per heavy atom. The topological polar surface area (TPSA) is 23.6 Å². The molecule has 2 aliphatic heterocycles. The maximum atomic E-state index is 12.9. The van der Waals surface area contributed by atoms with Crippen molar-refractivity contribution in [3.63, 3.8) is 0 Å². The van der Waals surface area contributed by atoms with Gasteiger partial charge in [-0.1, -0.05) is 29.8 Å². The molecule has 0 aliphatic carbocycles. The van der Waals surface area contributed by atoms with E-state index in [-0.39, 0.29) is 5.92 Å². The van der Waals surface area contributed by atoms with Crippen molar-refractivity contribution in [1.29, 1.82) is 0 Å². The first kappa shape index (κ1) is 15.9. The largest absolute Gasteiger partial charge is 0.338 e. The molecule has 1 saturated heterocycles. The van der Waals surface area contributed by atoms with Crippen molar-refractivity contribution in [3.8, 4) is 0 Å². The molecule has 2 aromatic rings. The number of nitrogens with zero attached hydrogens (tertiary/aromatic N) is 2. The van der Waals surface area contributed by atoms with Gasteiger partial charge in [0.1, 0.15) is 0 Å². The van der Waals surface area contributed by atoms with Gasteiger partial charge in [-0.3, -0.25) is 9.69 Å². The molecule has 0 bridgehead atoms. The van der Waals surface area contributed by atoms with Gasteiger partial charge in [-0.05, 0) is 48.9 Å². The van der Waals surface area contributed by atoms with Crippen molar-refractivity contribution in [2.75, 3.05) is 19.6 Å². The summed E-state index contributed by atoms with van der Waals surface area (Å²) in [6.45, 7) is 6.73. The predicted octanol–water partition coefficient (Wildman–Crippen LogP) is 3.46. The Kier molecular flexibility index (Phi) is 4.42. The summed E-state index contributed by atoms with van der Waals surface area (Å²) in [5.74, 6) is 0.536. The van der Waals surface area contributed by atoms with Crippen molar-refractivity contribution >= 4 is 17.2 Å². The average Bonchev–Trinajstić information content (AvgIpc) is 3.22. The predicted molar refractivity (Wildman–Crippen MR) is 98.0 cm³/mol. The summed E-state index contributed by atoms with van der Waals surface area (Å²) in [4.78, 5) is 18.9. The molecular weight excluding hydrogens is 316 g/mol. The average molecular weight is 340 g/mol. The molecule has 1 atom stereocenters. The van der Waals surface area contributed by atoms with E-state index in [1.807, 2.05) is 11.3 Å². The molecule has 0 radical (unpaired) electrons. The monoisotopic (exact) mass is 340 g/mol.